The van der Waals surface area contributed by atoms with Gasteiger partial charge < -0.3 is 4.74 Å². The predicted octanol–water partition coefficient (Wildman–Crippen LogP) is 2.46. The van der Waals surface area contributed by atoms with Gasteiger partial charge in [0.05, 0.1) is 29.1 Å². The van der Waals surface area contributed by atoms with Crippen molar-refractivity contribution in [2.75, 3.05) is 13.7 Å². The van der Waals surface area contributed by atoms with E-state index in [1.54, 1.807) is 31.4 Å². The Hall–Kier alpha value is -3.28. The Morgan fingerprint density at radius 2 is 1.90 bits per heavy atom. The van der Waals surface area contributed by atoms with Gasteiger partial charge in [-0.05, 0) is 30.3 Å². The monoisotopic (exact) mass is 464 g/mol. The van der Waals surface area contributed by atoms with Crippen LogP contribution in [-0.2, 0) is 16.6 Å². The minimum absolute atomic E-state index is 0.000498. The highest BCUT2D eigenvalue weighted by atomic mass is 35.5. The van der Waals surface area contributed by atoms with E-state index in [4.69, 9.17) is 16.3 Å². The lowest BCUT2D eigenvalue weighted by molar-refractivity contribution is -0.385. The molecule has 10 nitrogen and oxygen atoms in total. The summed E-state index contributed by atoms with van der Waals surface area (Å²) in [6, 6.07) is 11.5. The van der Waals surface area contributed by atoms with Crippen LogP contribution < -0.4 is 15.0 Å². The zero-order valence-corrected chi connectivity index (χ0v) is 17.8. The Bertz CT molecular complexity index is 1280. The summed E-state index contributed by atoms with van der Waals surface area (Å²) in [5.74, 6) is 0.674. The lowest BCUT2D eigenvalue weighted by atomic mass is 10.1. The Balaban J connectivity index is 1.71. The van der Waals surface area contributed by atoms with Gasteiger partial charge in [0.25, 0.3) is 11.2 Å². The lowest BCUT2D eigenvalue weighted by Gasteiger charge is -2.10. The summed E-state index contributed by atoms with van der Waals surface area (Å²) in [5.41, 5.74) is 0.423. The number of ether oxygens (including phenoxy) is 1. The molecule has 0 aliphatic rings. The largest absolute Gasteiger partial charge is 0.497 e. The highest BCUT2D eigenvalue weighted by Crippen LogP contribution is 2.26. The number of nitro groups is 1. The van der Waals surface area contributed by atoms with Crippen LogP contribution in [0.4, 0.5) is 5.69 Å². The van der Waals surface area contributed by atoms with Crippen molar-refractivity contribution in [3.8, 4) is 17.0 Å². The topological polar surface area (TPSA) is 133 Å². The van der Waals surface area contributed by atoms with E-state index in [0.29, 0.717) is 11.4 Å². The van der Waals surface area contributed by atoms with Crippen molar-refractivity contribution >= 4 is 27.3 Å². The third kappa shape index (κ3) is 5.26. The number of methoxy groups -OCH3 is 1. The molecule has 0 bridgehead atoms. The minimum Gasteiger partial charge on any atom is -0.497 e. The smallest absolute Gasteiger partial charge is 0.270 e. The zero-order chi connectivity index (χ0) is 22.6. The van der Waals surface area contributed by atoms with Gasteiger partial charge in [0, 0.05) is 36.9 Å². The molecule has 2 aromatic carbocycles. The van der Waals surface area contributed by atoms with Crippen LogP contribution in [-0.4, -0.2) is 36.5 Å². The van der Waals surface area contributed by atoms with Gasteiger partial charge in [0.1, 0.15) is 10.6 Å². The van der Waals surface area contributed by atoms with Crippen LogP contribution in [0, 0.1) is 10.1 Å². The molecule has 0 atom stereocenters. The Morgan fingerprint density at radius 1 is 1.19 bits per heavy atom. The maximum atomic E-state index is 12.5. The van der Waals surface area contributed by atoms with E-state index in [1.807, 2.05) is 0 Å². The third-order valence-corrected chi connectivity index (χ3v) is 6.27. The average Bonchev–Trinajstić information content (AvgIpc) is 2.75. The SMILES string of the molecule is COc1ccc(-c2cc(=O)n(CCNS(=O)(=O)c3cc([N+](=O)[O-])ccc3Cl)cn2)cc1. The first-order chi connectivity index (χ1) is 14.7. The van der Waals surface area contributed by atoms with Crippen LogP contribution in [0.3, 0.4) is 0 Å². The molecule has 0 aliphatic carbocycles. The van der Waals surface area contributed by atoms with Gasteiger partial charge in [0.15, 0.2) is 0 Å². The standard InChI is InChI=1S/C19H17ClN4O6S/c1-30-15-5-2-13(3-6-15)17-11-19(25)23(12-21-17)9-8-22-31(28,29)18-10-14(24(26)27)4-7-16(18)20/h2-7,10-12,22H,8-9H2,1H3. The number of hydrogen-bond donors (Lipinski definition) is 1. The fourth-order valence-electron chi connectivity index (χ4n) is 2.70. The van der Waals surface area contributed by atoms with Gasteiger partial charge in [-0.2, -0.15) is 0 Å². The molecule has 3 aromatic rings. The first kappa shape index (κ1) is 22.4. The van der Waals surface area contributed by atoms with Gasteiger partial charge in [-0.25, -0.2) is 18.1 Å². The first-order valence-electron chi connectivity index (χ1n) is 8.86. The van der Waals surface area contributed by atoms with Gasteiger partial charge in [-0.15, -0.1) is 0 Å². The number of hydrogen-bond acceptors (Lipinski definition) is 7. The molecule has 31 heavy (non-hydrogen) atoms. The van der Waals surface area contributed by atoms with E-state index in [2.05, 4.69) is 9.71 Å². The van der Waals surface area contributed by atoms with Crippen LogP contribution >= 0.6 is 11.6 Å². The number of aromatic nitrogens is 2. The maximum absolute atomic E-state index is 12.5. The molecule has 0 radical (unpaired) electrons. The van der Waals surface area contributed by atoms with Crippen LogP contribution in [0.2, 0.25) is 5.02 Å². The van der Waals surface area contributed by atoms with E-state index in [9.17, 15) is 23.3 Å². The molecule has 0 spiro atoms. The minimum atomic E-state index is -4.12. The van der Waals surface area contributed by atoms with E-state index < -0.39 is 25.5 Å². The molecule has 162 valence electrons. The second-order valence-electron chi connectivity index (χ2n) is 6.30. The molecule has 0 unspecified atom stereocenters. The zero-order valence-electron chi connectivity index (χ0n) is 16.2. The second kappa shape index (κ2) is 9.25. The third-order valence-electron chi connectivity index (χ3n) is 4.33. The number of nitrogens with one attached hydrogen (secondary N) is 1. The van der Waals surface area contributed by atoms with Crippen molar-refractivity contribution in [2.24, 2.45) is 0 Å². The highest BCUT2D eigenvalue weighted by Gasteiger charge is 2.21. The van der Waals surface area contributed by atoms with E-state index >= 15 is 0 Å². The molecular weight excluding hydrogens is 448 g/mol. The number of benzene rings is 2. The van der Waals surface area contributed by atoms with Crippen LogP contribution in [0.5, 0.6) is 5.75 Å². The number of non-ortho nitro benzene ring substituents is 1. The van der Waals surface area contributed by atoms with Crippen molar-refractivity contribution in [1.29, 1.82) is 0 Å². The summed E-state index contributed by atoms with van der Waals surface area (Å²) in [6.45, 7) is -0.147. The molecule has 3 rings (SSSR count). The van der Waals surface area contributed by atoms with Crippen molar-refractivity contribution in [2.45, 2.75) is 11.4 Å². The summed E-state index contributed by atoms with van der Waals surface area (Å²) in [4.78, 5) is 26.3. The van der Waals surface area contributed by atoms with Crippen molar-refractivity contribution in [1.82, 2.24) is 14.3 Å². The van der Waals surface area contributed by atoms with Gasteiger partial charge >= 0.3 is 0 Å². The summed E-state index contributed by atoms with van der Waals surface area (Å²) in [5, 5.41) is 10.7. The van der Waals surface area contributed by atoms with Gasteiger partial charge in [0.2, 0.25) is 10.0 Å². The molecule has 1 aromatic heterocycles. The highest BCUT2D eigenvalue weighted by molar-refractivity contribution is 7.89. The molecule has 0 saturated heterocycles. The predicted molar refractivity (Wildman–Crippen MR) is 114 cm³/mol. The van der Waals surface area contributed by atoms with Crippen molar-refractivity contribution in [3.05, 3.63) is 80.3 Å². The molecule has 0 saturated carbocycles. The number of sulfonamides is 1. The number of rotatable bonds is 8. The Labute approximate surface area is 182 Å². The average molecular weight is 465 g/mol. The van der Waals surface area contributed by atoms with E-state index in [-0.39, 0.29) is 23.7 Å². The van der Waals surface area contributed by atoms with E-state index in [1.165, 1.54) is 17.0 Å². The van der Waals surface area contributed by atoms with E-state index in [0.717, 1.165) is 23.8 Å². The summed E-state index contributed by atoms with van der Waals surface area (Å²) in [6.07, 6.45) is 1.32. The van der Waals surface area contributed by atoms with Crippen molar-refractivity contribution in [3.63, 3.8) is 0 Å². The second-order valence-corrected chi connectivity index (χ2v) is 8.45. The normalized spacial score (nSPS) is 11.3. The fraction of sp³-hybridized carbons (Fsp3) is 0.158. The first-order valence-corrected chi connectivity index (χ1v) is 10.7. The number of nitro benzene ring substituents is 1. The molecule has 0 fully saturated rings. The van der Waals surface area contributed by atoms with Crippen LogP contribution in [0.15, 0.2) is 64.5 Å². The summed E-state index contributed by atoms with van der Waals surface area (Å²) < 4.78 is 33.5. The van der Waals surface area contributed by atoms with Crippen LogP contribution in [0.1, 0.15) is 0 Å². The van der Waals surface area contributed by atoms with Gasteiger partial charge in [-0.3, -0.25) is 19.5 Å². The number of nitrogens with zero attached hydrogens (tertiary/aromatic N) is 3. The Morgan fingerprint density at radius 3 is 2.52 bits per heavy atom. The maximum Gasteiger partial charge on any atom is 0.270 e. The molecule has 0 amide bonds. The molecule has 1 heterocycles. The molecule has 0 aliphatic heterocycles. The molecule has 12 heteroatoms. The summed E-state index contributed by atoms with van der Waals surface area (Å²) >= 11 is 5.89. The number of halogens is 1. The molecule has 1 N–H and O–H groups in total. The Kier molecular flexibility index (Phi) is 6.68. The van der Waals surface area contributed by atoms with Gasteiger partial charge in [-0.1, -0.05) is 11.6 Å². The fourth-order valence-corrected chi connectivity index (χ4v) is 4.24. The molecular formula is C19H17ClN4O6S. The van der Waals surface area contributed by atoms with Crippen LogP contribution in [0.25, 0.3) is 11.3 Å². The quantitative estimate of drug-likeness (QED) is 0.399. The summed E-state index contributed by atoms with van der Waals surface area (Å²) in [7, 11) is -2.57. The lowest BCUT2D eigenvalue weighted by Crippen LogP contribution is -2.31. The van der Waals surface area contributed by atoms with Crippen molar-refractivity contribution < 1.29 is 18.1 Å².